The number of alkyl halides is 2. The van der Waals surface area contributed by atoms with E-state index < -0.39 is 6.29 Å². The summed E-state index contributed by atoms with van der Waals surface area (Å²) in [6.45, 7) is 1.74. The summed E-state index contributed by atoms with van der Waals surface area (Å²) < 4.78 is 33.9. The van der Waals surface area contributed by atoms with Gasteiger partial charge >= 0.3 is 6.29 Å². The number of hydrogen-bond donors (Lipinski definition) is 1. The van der Waals surface area contributed by atoms with Gasteiger partial charge < -0.3 is 14.8 Å². The molecular weight excluding hydrogens is 347 g/mol. The molecule has 0 bridgehead atoms. The van der Waals surface area contributed by atoms with Crippen LogP contribution in [0.4, 0.5) is 13.6 Å². The van der Waals surface area contributed by atoms with E-state index in [1.807, 2.05) is 0 Å². The molecule has 1 atom stereocenters. The Balaban J connectivity index is 2.21. The maximum absolute atomic E-state index is 12.8. The van der Waals surface area contributed by atoms with E-state index in [1.165, 1.54) is 12.1 Å². The number of hydrogen-bond acceptors (Lipinski definition) is 3. The molecule has 0 spiro atoms. The van der Waals surface area contributed by atoms with Crippen molar-refractivity contribution in [3.63, 3.8) is 0 Å². The van der Waals surface area contributed by atoms with Crippen LogP contribution in [0.2, 0.25) is 0 Å². The second-order valence-electron chi connectivity index (χ2n) is 3.51. The molecule has 0 unspecified atom stereocenters. The van der Waals surface area contributed by atoms with Crippen LogP contribution in [0, 0.1) is 0 Å². The molecular formula is C10H8F2INO3. The molecule has 1 aromatic rings. The van der Waals surface area contributed by atoms with E-state index in [9.17, 15) is 13.6 Å². The molecule has 4 nitrogen and oxygen atoms in total. The third kappa shape index (κ3) is 2.76. The Bertz CT molecular complexity index is 467. The van der Waals surface area contributed by atoms with Crippen LogP contribution >= 0.6 is 22.6 Å². The maximum Gasteiger partial charge on any atom is 0.586 e. The van der Waals surface area contributed by atoms with Gasteiger partial charge in [-0.1, -0.05) is 6.07 Å². The fourth-order valence-electron chi connectivity index (χ4n) is 1.49. The number of fused-ring (bicyclic) bond motifs is 1. The number of nitrogens with one attached hydrogen (secondary N) is 1. The summed E-state index contributed by atoms with van der Waals surface area (Å²) in [4.78, 5) is 10.9. The lowest BCUT2D eigenvalue weighted by Crippen LogP contribution is -2.26. The van der Waals surface area contributed by atoms with Crippen molar-refractivity contribution in [3.8, 4) is 11.5 Å². The fraction of sp³-hybridized carbons (Fsp3) is 0.300. The van der Waals surface area contributed by atoms with Crippen LogP contribution in [-0.4, -0.2) is 10.2 Å². The van der Waals surface area contributed by atoms with E-state index in [4.69, 9.17) is 0 Å². The first-order valence-electron chi connectivity index (χ1n) is 4.73. The quantitative estimate of drug-likeness (QED) is 0.504. The number of carbonyl (C=O) groups excluding carboxylic acids is 1. The predicted octanol–water partition coefficient (Wildman–Crippen LogP) is 3.21. The van der Waals surface area contributed by atoms with Gasteiger partial charge in [0.2, 0.25) is 0 Å². The molecule has 2 rings (SSSR count). The lowest BCUT2D eigenvalue weighted by Gasteiger charge is -2.12. The molecule has 92 valence electrons. The summed E-state index contributed by atoms with van der Waals surface area (Å²) in [7, 11) is 0. The first-order chi connectivity index (χ1) is 7.87. The van der Waals surface area contributed by atoms with Crippen molar-refractivity contribution in [2.45, 2.75) is 19.3 Å². The van der Waals surface area contributed by atoms with E-state index in [0.29, 0.717) is 5.56 Å². The van der Waals surface area contributed by atoms with Crippen LogP contribution in [0.3, 0.4) is 0 Å². The van der Waals surface area contributed by atoms with Gasteiger partial charge in [0, 0.05) is 22.6 Å². The highest BCUT2D eigenvalue weighted by Gasteiger charge is 2.43. The van der Waals surface area contributed by atoms with Crippen molar-refractivity contribution in [2.75, 3.05) is 0 Å². The van der Waals surface area contributed by atoms with Gasteiger partial charge in [0.15, 0.2) is 11.5 Å². The highest BCUT2D eigenvalue weighted by Crippen LogP contribution is 2.41. The Morgan fingerprint density at radius 1 is 1.41 bits per heavy atom. The minimum absolute atomic E-state index is 0.00764. The normalized spacial score (nSPS) is 17.6. The third-order valence-corrected chi connectivity index (χ3v) is 2.57. The molecule has 1 aliphatic heterocycles. The van der Waals surface area contributed by atoms with Crippen LogP contribution in [0.5, 0.6) is 11.5 Å². The Morgan fingerprint density at radius 3 is 2.71 bits per heavy atom. The van der Waals surface area contributed by atoms with Crippen LogP contribution in [0.25, 0.3) is 0 Å². The standard InChI is InChI=1S/C10H8F2INO3/c1-5(14-9(13)15)6-2-3-7-8(4-6)17-10(11,12)16-7/h2-5H,1H3,(H,14,15)/t5-/m0/s1. The average Bonchev–Trinajstić information content (AvgIpc) is 2.48. The summed E-state index contributed by atoms with van der Waals surface area (Å²) in [5.41, 5.74) is 0.662. The van der Waals surface area contributed by atoms with Gasteiger partial charge in [-0.3, -0.25) is 4.79 Å². The van der Waals surface area contributed by atoms with E-state index in [-0.39, 0.29) is 21.5 Å². The first kappa shape index (κ1) is 12.3. The molecule has 0 saturated heterocycles. The Labute approximate surface area is 109 Å². The fourth-order valence-corrected chi connectivity index (χ4v) is 1.96. The number of halogens is 3. The Kier molecular flexibility index (Phi) is 3.11. The zero-order valence-electron chi connectivity index (χ0n) is 8.67. The monoisotopic (exact) mass is 355 g/mol. The average molecular weight is 355 g/mol. The van der Waals surface area contributed by atoms with Crippen LogP contribution in [0.1, 0.15) is 18.5 Å². The Morgan fingerprint density at radius 2 is 2.06 bits per heavy atom. The van der Waals surface area contributed by atoms with Gasteiger partial charge in [0.1, 0.15) is 0 Å². The number of rotatable bonds is 2. The molecule has 0 saturated carbocycles. The van der Waals surface area contributed by atoms with Gasteiger partial charge in [-0.2, -0.15) is 0 Å². The van der Waals surface area contributed by atoms with Gasteiger partial charge in [-0.15, -0.1) is 8.78 Å². The summed E-state index contributed by atoms with van der Waals surface area (Å²) in [6.07, 6.45) is -3.61. The van der Waals surface area contributed by atoms with Crippen molar-refractivity contribution in [2.24, 2.45) is 0 Å². The summed E-state index contributed by atoms with van der Waals surface area (Å²) in [5, 5.41) is 2.63. The molecule has 0 aromatic heterocycles. The molecule has 1 N–H and O–H groups in total. The second kappa shape index (κ2) is 4.28. The van der Waals surface area contributed by atoms with Crippen LogP contribution in [0.15, 0.2) is 18.2 Å². The SMILES string of the molecule is C[C@H](NC(=O)I)c1ccc2c(c1)OC(F)(F)O2. The van der Waals surface area contributed by atoms with E-state index in [1.54, 1.807) is 35.6 Å². The minimum Gasteiger partial charge on any atom is -0.395 e. The van der Waals surface area contributed by atoms with E-state index in [0.717, 1.165) is 0 Å². The van der Waals surface area contributed by atoms with Crippen LogP contribution < -0.4 is 14.8 Å². The van der Waals surface area contributed by atoms with Crippen molar-refractivity contribution in [1.29, 1.82) is 0 Å². The molecule has 0 fully saturated rings. The van der Waals surface area contributed by atoms with Gasteiger partial charge in [-0.05, 0) is 24.6 Å². The third-order valence-electron chi connectivity index (χ3n) is 2.26. The lowest BCUT2D eigenvalue weighted by molar-refractivity contribution is -0.286. The molecule has 0 aliphatic carbocycles. The number of benzene rings is 1. The summed E-state index contributed by atoms with van der Waals surface area (Å²) >= 11 is 1.60. The van der Waals surface area contributed by atoms with Gasteiger partial charge in [0.05, 0.1) is 6.04 Å². The molecule has 1 heterocycles. The summed E-state index contributed by atoms with van der Waals surface area (Å²) in [6, 6.07) is 4.12. The zero-order valence-corrected chi connectivity index (χ0v) is 10.8. The van der Waals surface area contributed by atoms with Crippen molar-refractivity contribution in [3.05, 3.63) is 23.8 Å². The van der Waals surface area contributed by atoms with Crippen molar-refractivity contribution >= 4 is 26.5 Å². The van der Waals surface area contributed by atoms with E-state index in [2.05, 4.69) is 14.8 Å². The zero-order chi connectivity index (χ0) is 12.6. The van der Waals surface area contributed by atoms with Crippen molar-refractivity contribution < 1.29 is 23.0 Å². The number of carbonyl (C=O) groups is 1. The highest BCUT2D eigenvalue weighted by atomic mass is 127. The second-order valence-corrected chi connectivity index (χ2v) is 4.49. The highest BCUT2D eigenvalue weighted by molar-refractivity contribution is 14.1. The number of amides is 1. The molecule has 1 aliphatic rings. The molecule has 1 aromatic carbocycles. The van der Waals surface area contributed by atoms with Crippen molar-refractivity contribution in [1.82, 2.24) is 5.32 Å². The molecule has 1 amide bonds. The molecule has 7 heteroatoms. The Hall–Kier alpha value is -1.12. The summed E-state index contributed by atoms with van der Waals surface area (Å²) in [5.74, 6) is -0.0335. The maximum atomic E-state index is 12.8. The number of ether oxygens (including phenoxy) is 2. The molecule has 0 radical (unpaired) electrons. The predicted molar refractivity (Wildman–Crippen MR) is 63.6 cm³/mol. The lowest BCUT2D eigenvalue weighted by atomic mass is 10.1. The van der Waals surface area contributed by atoms with Crippen LogP contribution in [-0.2, 0) is 0 Å². The largest absolute Gasteiger partial charge is 0.586 e. The van der Waals surface area contributed by atoms with Gasteiger partial charge in [0.25, 0.3) is 3.91 Å². The smallest absolute Gasteiger partial charge is 0.395 e. The topological polar surface area (TPSA) is 47.6 Å². The molecule has 17 heavy (non-hydrogen) atoms. The van der Waals surface area contributed by atoms with E-state index >= 15 is 0 Å². The first-order valence-corrected chi connectivity index (χ1v) is 5.81. The van der Waals surface area contributed by atoms with Gasteiger partial charge in [-0.25, -0.2) is 0 Å². The minimum atomic E-state index is -3.61.